The fraction of sp³-hybridized carbons (Fsp3) is 0.167. The van der Waals surface area contributed by atoms with Crippen LogP contribution in [0.5, 0.6) is 0 Å². The van der Waals surface area contributed by atoms with Crippen molar-refractivity contribution in [1.29, 1.82) is 0 Å². The lowest BCUT2D eigenvalue weighted by molar-refractivity contribution is 0.222. The van der Waals surface area contributed by atoms with E-state index in [0.29, 0.717) is 15.6 Å². The molecule has 0 saturated heterocycles. The van der Waals surface area contributed by atoms with Gasteiger partial charge in [0.15, 0.2) is 0 Å². The van der Waals surface area contributed by atoms with Gasteiger partial charge in [0.2, 0.25) is 0 Å². The molecule has 0 saturated carbocycles. The second-order valence-corrected chi connectivity index (χ2v) is 7.46. The number of aliphatic imine (C=N–C) groups is 1. The lowest BCUT2D eigenvalue weighted by atomic mass is 9.98. The van der Waals surface area contributed by atoms with Gasteiger partial charge in [-0.05, 0) is 23.6 Å². The Morgan fingerprint density at radius 3 is 2.75 bits per heavy atom. The zero-order valence-electron chi connectivity index (χ0n) is 12.6. The number of hydrogen-bond donors (Lipinski definition) is 2. The van der Waals surface area contributed by atoms with Crippen molar-refractivity contribution in [1.82, 2.24) is 5.32 Å². The van der Waals surface area contributed by atoms with Gasteiger partial charge < -0.3 is 10.4 Å². The molecule has 3 aromatic rings. The monoisotopic (exact) mass is 376 g/mol. The van der Waals surface area contributed by atoms with Gasteiger partial charge in [-0.1, -0.05) is 47.5 Å². The third-order valence-corrected chi connectivity index (χ3v) is 5.81. The van der Waals surface area contributed by atoms with E-state index in [1.165, 1.54) is 0 Å². The van der Waals surface area contributed by atoms with Gasteiger partial charge in [0, 0.05) is 32.4 Å². The molecule has 122 valence electrons. The van der Waals surface area contributed by atoms with Crippen LogP contribution in [0.3, 0.4) is 0 Å². The second kappa shape index (κ2) is 6.37. The quantitative estimate of drug-likeness (QED) is 0.699. The number of hydrogen-bond acceptors (Lipinski definition) is 4. The molecule has 0 amide bonds. The summed E-state index contributed by atoms with van der Waals surface area (Å²) in [7, 11) is 0. The SMILES string of the molecule is OC(c1ccc(Cl)cc1Cl)c1c(C2=NCCN2)sc2ccccc12. The number of benzene rings is 2. The minimum absolute atomic E-state index is 0.456. The maximum atomic E-state index is 11.1. The van der Waals surface area contributed by atoms with Gasteiger partial charge in [-0.15, -0.1) is 11.3 Å². The van der Waals surface area contributed by atoms with E-state index in [9.17, 15) is 5.11 Å². The number of thiophene rings is 1. The van der Waals surface area contributed by atoms with Crippen LogP contribution in [0.25, 0.3) is 10.1 Å². The number of fused-ring (bicyclic) bond motifs is 1. The Balaban J connectivity index is 1.92. The maximum absolute atomic E-state index is 11.1. The van der Waals surface area contributed by atoms with Crippen LogP contribution in [0.1, 0.15) is 22.1 Å². The van der Waals surface area contributed by atoms with Crippen LogP contribution in [0, 0.1) is 0 Å². The summed E-state index contributed by atoms with van der Waals surface area (Å²) in [4.78, 5) is 5.49. The molecule has 2 heterocycles. The Labute approximate surface area is 153 Å². The number of aliphatic hydroxyl groups is 1. The molecule has 6 heteroatoms. The van der Waals surface area contributed by atoms with Crippen molar-refractivity contribution in [3.05, 3.63) is 68.5 Å². The molecule has 2 N–H and O–H groups in total. The Hall–Kier alpha value is -1.59. The summed E-state index contributed by atoms with van der Waals surface area (Å²) in [6.45, 7) is 1.57. The molecular weight excluding hydrogens is 363 g/mol. The van der Waals surface area contributed by atoms with E-state index in [0.717, 1.165) is 39.5 Å². The van der Waals surface area contributed by atoms with Gasteiger partial charge in [0.1, 0.15) is 11.9 Å². The van der Waals surface area contributed by atoms with E-state index in [4.69, 9.17) is 23.2 Å². The lowest BCUT2D eigenvalue weighted by Gasteiger charge is -2.15. The molecule has 1 unspecified atom stereocenters. The Morgan fingerprint density at radius 1 is 1.17 bits per heavy atom. The third-order valence-electron chi connectivity index (χ3n) is 4.05. The summed E-state index contributed by atoms with van der Waals surface area (Å²) in [5.41, 5.74) is 1.48. The molecule has 24 heavy (non-hydrogen) atoms. The smallest absolute Gasteiger partial charge is 0.139 e. The van der Waals surface area contributed by atoms with E-state index >= 15 is 0 Å². The molecule has 1 aromatic heterocycles. The molecule has 4 rings (SSSR count). The molecule has 1 atom stereocenters. The molecule has 3 nitrogen and oxygen atoms in total. The molecule has 0 spiro atoms. The molecule has 0 fully saturated rings. The molecule has 0 aliphatic carbocycles. The van der Waals surface area contributed by atoms with E-state index in [1.807, 2.05) is 18.2 Å². The number of nitrogens with one attached hydrogen (secondary N) is 1. The molecule has 0 bridgehead atoms. The van der Waals surface area contributed by atoms with Gasteiger partial charge in [-0.2, -0.15) is 0 Å². The van der Waals surface area contributed by atoms with Crippen molar-refractivity contribution in [2.24, 2.45) is 4.99 Å². The van der Waals surface area contributed by atoms with E-state index in [2.05, 4.69) is 16.4 Å². The molecule has 1 aliphatic heterocycles. The largest absolute Gasteiger partial charge is 0.384 e. The van der Waals surface area contributed by atoms with Gasteiger partial charge in [0.25, 0.3) is 0 Å². The number of nitrogens with zero attached hydrogens (tertiary/aromatic N) is 1. The van der Waals surface area contributed by atoms with Gasteiger partial charge in [0.05, 0.1) is 11.4 Å². The minimum atomic E-state index is -0.842. The molecule has 0 radical (unpaired) electrons. The van der Waals surface area contributed by atoms with E-state index in [-0.39, 0.29) is 0 Å². The summed E-state index contributed by atoms with van der Waals surface area (Å²) >= 11 is 13.9. The normalized spacial score (nSPS) is 15.4. The first-order chi connectivity index (χ1) is 11.6. The summed E-state index contributed by atoms with van der Waals surface area (Å²) < 4.78 is 1.11. The van der Waals surface area contributed by atoms with Crippen LogP contribution in [-0.4, -0.2) is 24.0 Å². The highest BCUT2D eigenvalue weighted by Gasteiger charge is 2.26. The van der Waals surface area contributed by atoms with Crippen LogP contribution in [-0.2, 0) is 0 Å². The predicted octanol–water partition coefficient (Wildman–Crippen LogP) is 4.64. The van der Waals surface area contributed by atoms with E-state index < -0.39 is 6.10 Å². The van der Waals surface area contributed by atoms with Crippen molar-refractivity contribution in [2.75, 3.05) is 13.1 Å². The summed E-state index contributed by atoms with van der Waals surface area (Å²) in [6.07, 6.45) is -0.842. The number of aliphatic hydroxyl groups excluding tert-OH is 1. The van der Waals surface area contributed by atoms with Crippen LogP contribution in [0.4, 0.5) is 0 Å². The lowest BCUT2D eigenvalue weighted by Crippen LogP contribution is -2.20. The van der Waals surface area contributed by atoms with Crippen LogP contribution < -0.4 is 5.32 Å². The zero-order chi connectivity index (χ0) is 16.7. The van der Waals surface area contributed by atoms with Crippen LogP contribution in [0.2, 0.25) is 10.0 Å². The van der Waals surface area contributed by atoms with Crippen molar-refractivity contribution in [3.8, 4) is 0 Å². The zero-order valence-corrected chi connectivity index (χ0v) is 14.9. The van der Waals surface area contributed by atoms with Crippen molar-refractivity contribution < 1.29 is 5.11 Å². The van der Waals surface area contributed by atoms with Gasteiger partial charge in [-0.3, -0.25) is 4.99 Å². The fourth-order valence-electron chi connectivity index (χ4n) is 2.94. The van der Waals surface area contributed by atoms with Crippen molar-refractivity contribution in [2.45, 2.75) is 6.10 Å². The number of halogens is 2. The van der Waals surface area contributed by atoms with Gasteiger partial charge >= 0.3 is 0 Å². The molecular formula is C18H14Cl2N2OS. The predicted molar refractivity (Wildman–Crippen MR) is 102 cm³/mol. The second-order valence-electron chi connectivity index (χ2n) is 5.57. The Bertz CT molecular complexity index is 951. The van der Waals surface area contributed by atoms with Gasteiger partial charge in [-0.25, -0.2) is 0 Å². The topological polar surface area (TPSA) is 44.6 Å². The summed E-state index contributed by atoms with van der Waals surface area (Å²) in [6, 6.07) is 13.2. The Kier molecular flexibility index (Phi) is 4.22. The first-order valence-corrected chi connectivity index (χ1v) is 9.15. The molecule has 2 aromatic carbocycles. The highest BCUT2D eigenvalue weighted by Crippen LogP contribution is 2.40. The summed E-state index contributed by atoms with van der Waals surface area (Å²) in [5.74, 6) is 0.843. The Morgan fingerprint density at radius 2 is 2.00 bits per heavy atom. The first-order valence-electron chi connectivity index (χ1n) is 7.58. The fourth-order valence-corrected chi connectivity index (χ4v) is 4.67. The maximum Gasteiger partial charge on any atom is 0.139 e. The summed E-state index contributed by atoms with van der Waals surface area (Å²) in [5, 5.41) is 16.4. The highest BCUT2D eigenvalue weighted by atomic mass is 35.5. The highest BCUT2D eigenvalue weighted by molar-refractivity contribution is 7.21. The average Bonchev–Trinajstić information content (AvgIpc) is 3.21. The third kappa shape index (κ3) is 2.70. The van der Waals surface area contributed by atoms with E-state index in [1.54, 1.807) is 29.5 Å². The average molecular weight is 377 g/mol. The van der Waals surface area contributed by atoms with Crippen LogP contribution in [0.15, 0.2) is 47.5 Å². The van der Waals surface area contributed by atoms with Crippen molar-refractivity contribution >= 4 is 50.5 Å². The minimum Gasteiger partial charge on any atom is -0.384 e. The van der Waals surface area contributed by atoms with Crippen LogP contribution >= 0.6 is 34.5 Å². The molecule has 1 aliphatic rings. The number of amidine groups is 1. The van der Waals surface area contributed by atoms with Crippen molar-refractivity contribution in [3.63, 3.8) is 0 Å². The number of rotatable bonds is 3. The standard InChI is InChI=1S/C18H14Cl2N2OS/c19-10-5-6-11(13(20)9-10)16(23)15-12-3-1-2-4-14(12)24-17(15)18-21-7-8-22-18/h1-6,9,16,23H,7-8H2,(H,21,22). The first kappa shape index (κ1) is 15.9.